The molecule has 1 aromatic carbocycles. The van der Waals surface area contributed by atoms with Gasteiger partial charge < -0.3 is 24.5 Å². The first-order chi connectivity index (χ1) is 9.51. The number of furan rings is 1. The van der Waals surface area contributed by atoms with E-state index in [1.807, 2.05) is 6.07 Å². The van der Waals surface area contributed by atoms with E-state index in [9.17, 15) is 14.8 Å². The third kappa shape index (κ3) is 3.12. The van der Waals surface area contributed by atoms with E-state index < -0.39 is 13.1 Å². The summed E-state index contributed by atoms with van der Waals surface area (Å²) in [4.78, 5) is 11.1. The minimum absolute atomic E-state index is 0.247. The fraction of sp³-hybridized carbons (Fsp3) is 0.308. The largest absolute Gasteiger partial charge is 0.497 e. The molecule has 0 radical (unpaired) electrons. The summed E-state index contributed by atoms with van der Waals surface area (Å²) in [5, 5.41) is 22.0. The summed E-state index contributed by atoms with van der Waals surface area (Å²) < 4.78 is 10.6. The molecule has 1 heterocycles. The molecule has 1 atom stereocenters. The number of nitrogens with one attached hydrogen (secondary N) is 1. The van der Waals surface area contributed by atoms with E-state index in [0.717, 1.165) is 10.9 Å². The highest BCUT2D eigenvalue weighted by molar-refractivity contribution is 6.43. The minimum atomic E-state index is -1.64. The number of hydrogen-bond acceptors (Lipinski definition) is 5. The first-order valence-corrected chi connectivity index (χ1v) is 6.18. The average molecular weight is 277 g/mol. The van der Waals surface area contributed by atoms with E-state index in [2.05, 4.69) is 5.32 Å². The van der Waals surface area contributed by atoms with Gasteiger partial charge in [0.2, 0.25) is 5.91 Å². The van der Waals surface area contributed by atoms with Gasteiger partial charge in [-0.3, -0.25) is 4.79 Å². The molecule has 1 unspecified atom stereocenters. The number of carbonyl (C=O) groups is 1. The summed E-state index contributed by atoms with van der Waals surface area (Å²) in [6, 6.07) is 5.37. The molecule has 0 fully saturated rings. The summed E-state index contributed by atoms with van der Waals surface area (Å²) in [6.07, 6.45) is 1.79. The van der Waals surface area contributed by atoms with Crippen molar-refractivity contribution < 1.29 is 24.0 Å². The Kier molecular flexibility index (Phi) is 4.31. The zero-order valence-electron chi connectivity index (χ0n) is 11.3. The van der Waals surface area contributed by atoms with Crippen LogP contribution in [-0.2, 0) is 11.2 Å². The van der Waals surface area contributed by atoms with Crippen LogP contribution in [0.3, 0.4) is 0 Å². The molecule has 0 saturated carbocycles. The fourth-order valence-corrected chi connectivity index (χ4v) is 2.07. The lowest BCUT2D eigenvalue weighted by molar-refractivity contribution is -0.119. The first kappa shape index (κ1) is 14.4. The van der Waals surface area contributed by atoms with Gasteiger partial charge in [-0.1, -0.05) is 0 Å². The highest BCUT2D eigenvalue weighted by Crippen LogP contribution is 2.26. The van der Waals surface area contributed by atoms with Crippen LogP contribution in [0.1, 0.15) is 12.5 Å². The van der Waals surface area contributed by atoms with Gasteiger partial charge in [0.1, 0.15) is 11.3 Å². The molecule has 20 heavy (non-hydrogen) atoms. The Morgan fingerprint density at radius 1 is 1.50 bits per heavy atom. The second-order valence-electron chi connectivity index (χ2n) is 4.55. The van der Waals surface area contributed by atoms with E-state index in [4.69, 9.17) is 9.15 Å². The first-order valence-electron chi connectivity index (χ1n) is 6.18. The monoisotopic (exact) mass is 277 g/mol. The summed E-state index contributed by atoms with van der Waals surface area (Å²) in [5.74, 6) is -0.436. The highest BCUT2D eigenvalue weighted by atomic mass is 16.5. The van der Waals surface area contributed by atoms with E-state index in [0.29, 0.717) is 11.3 Å². The van der Waals surface area contributed by atoms with Crippen LogP contribution in [0.15, 0.2) is 28.9 Å². The number of ether oxygens (including phenoxy) is 1. The standard InChI is InChI=1S/C13H16BNO5/c1-8(16)15-13(14(17)18)5-9-7-20-12-4-3-10(19-2)6-11(9)12/h3-4,6-7,13,17-18H,5H2,1-2H3,(H,15,16). The molecule has 3 N–H and O–H groups in total. The molecule has 1 amide bonds. The number of rotatable bonds is 5. The quantitative estimate of drug-likeness (QED) is 0.692. The summed E-state index contributed by atoms with van der Waals surface area (Å²) in [5.41, 5.74) is 1.44. The lowest BCUT2D eigenvalue weighted by Crippen LogP contribution is -2.47. The van der Waals surface area contributed by atoms with Crippen molar-refractivity contribution in [2.24, 2.45) is 0 Å². The van der Waals surface area contributed by atoms with Crippen molar-refractivity contribution >= 4 is 24.0 Å². The van der Waals surface area contributed by atoms with Gasteiger partial charge in [0.15, 0.2) is 0 Å². The molecule has 0 aliphatic rings. The van der Waals surface area contributed by atoms with Gasteiger partial charge in [0.05, 0.1) is 19.3 Å². The fourth-order valence-electron chi connectivity index (χ4n) is 2.07. The van der Waals surface area contributed by atoms with Crippen LogP contribution in [0, 0.1) is 0 Å². The van der Waals surface area contributed by atoms with Crippen LogP contribution in [0.4, 0.5) is 0 Å². The van der Waals surface area contributed by atoms with Crippen molar-refractivity contribution in [1.82, 2.24) is 5.32 Å². The smallest absolute Gasteiger partial charge is 0.475 e. The molecule has 106 valence electrons. The van der Waals surface area contributed by atoms with Crippen molar-refractivity contribution in [3.05, 3.63) is 30.0 Å². The van der Waals surface area contributed by atoms with Gasteiger partial charge >= 0.3 is 7.12 Å². The maximum absolute atomic E-state index is 11.1. The third-order valence-corrected chi connectivity index (χ3v) is 3.05. The van der Waals surface area contributed by atoms with Crippen molar-refractivity contribution in [3.63, 3.8) is 0 Å². The molecule has 0 spiro atoms. The predicted molar refractivity (Wildman–Crippen MR) is 74.3 cm³/mol. The Morgan fingerprint density at radius 2 is 2.25 bits per heavy atom. The van der Waals surface area contributed by atoms with E-state index in [-0.39, 0.29) is 12.3 Å². The molecule has 7 heteroatoms. The van der Waals surface area contributed by atoms with Crippen LogP contribution >= 0.6 is 0 Å². The van der Waals surface area contributed by atoms with Crippen LogP contribution < -0.4 is 10.1 Å². The van der Waals surface area contributed by atoms with Crippen LogP contribution in [0.5, 0.6) is 5.75 Å². The Morgan fingerprint density at radius 3 is 2.85 bits per heavy atom. The van der Waals surface area contributed by atoms with E-state index >= 15 is 0 Å². The number of amides is 1. The number of benzene rings is 1. The van der Waals surface area contributed by atoms with Crippen LogP contribution in [0.2, 0.25) is 0 Å². The van der Waals surface area contributed by atoms with Gasteiger partial charge in [-0.2, -0.15) is 0 Å². The number of hydrogen-bond donors (Lipinski definition) is 3. The summed E-state index contributed by atoms with van der Waals surface area (Å²) in [7, 11) is -0.0761. The molecule has 0 saturated heterocycles. The van der Waals surface area contributed by atoms with Crippen molar-refractivity contribution in [2.75, 3.05) is 7.11 Å². The van der Waals surface area contributed by atoms with Gasteiger partial charge in [0.25, 0.3) is 0 Å². The minimum Gasteiger partial charge on any atom is -0.497 e. The topological polar surface area (TPSA) is 91.9 Å². The molecular formula is C13H16BNO5. The Labute approximate surface area is 116 Å². The maximum atomic E-state index is 11.1. The van der Waals surface area contributed by atoms with Crippen molar-refractivity contribution in [2.45, 2.75) is 19.3 Å². The van der Waals surface area contributed by atoms with Gasteiger partial charge in [-0.15, -0.1) is 0 Å². The Balaban J connectivity index is 2.29. The molecule has 0 aliphatic carbocycles. The van der Waals surface area contributed by atoms with Crippen molar-refractivity contribution in [3.8, 4) is 5.75 Å². The number of methoxy groups -OCH3 is 1. The predicted octanol–water partition coefficient (Wildman–Crippen LogP) is 0.501. The van der Waals surface area contributed by atoms with Gasteiger partial charge in [-0.05, 0) is 30.2 Å². The second-order valence-corrected chi connectivity index (χ2v) is 4.55. The molecule has 0 bridgehead atoms. The molecular weight excluding hydrogens is 261 g/mol. The third-order valence-electron chi connectivity index (χ3n) is 3.05. The molecule has 2 aromatic rings. The maximum Gasteiger partial charge on any atom is 0.475 e. The molecule has 0 aliphatic heterocycles. The van der Waals surface area contributed by atoms with Gasteiger partial charge in [-0.25, -0.2) is 0 Å². The van der Waals surface area contributed by atoms with Gasteiger partial charge in [0, 0.05) is 12.3 Å². The lowest BCUT2D eigenvalue weighted by atomic mass is 9.76. The summed E-state index contributed by atoms with van der Waals surface area (Å²) in [6.45, 7) is 1.33. The zero-order chi connectivity index (χ0) is 14.7. The summed E-state index contributed by atoms with van der Waals surface area (Å²) >= 11 is 0. The molecule has 6 nitrogen and oxygen atoms in total. The number of fused-ring (bicyclic) bond motifs is 1. The van der Waals surface area contributed by atoms with E-state index in [1.165, 1.54) is 6.92 Å². The zero-order valence-corrected chi connectivity index (χ0v) is 11.3. The van der Waals surface area contributed by atoms with Crippen molar-refractivity contribution in [1.29, 1.82) is 0 Å². The number of carbonyl (C=O) groups excluding carboxylic acids is 1. The lowest BCUT2D eigenvalue weighted by Gasteiger charge is -2.15. The molecule has 2 rings (SSSR count). The Bertz CT molecular complexity index is 610. The second kappa shape index (κ2) is 5.98. The van der Waals surface area contributed by atoms with E-state index in [1.54, 1.807) is 25.5 Å². The SMILES string of the molecule is COc1ccc2occ(CC(NC(C)=O)B(O)O)c2c1. The highest BCUT2D eigenvalue weighted by Gasteiger charge is 2.26. The normalized spacial score (nSPS) is 12.2. The van der Waals surface area contributed by atoms with Crippen LogP contribution in [0.25, 0.3) is 11.0 Å². The Hall–Kier alpha value is -1.99. The molecule has 1 aromatic heterocycles. The van der Waals surface area contributed by atoms with Crippen LogP contribution in [-0.4, -0.2) is 36.1 Å². The average Bonchev–Trinajstić information content (AvgIpc) is 2.79.